The molecule has 17 heavy (non-hydrogen) atoms. The van der Waals surface area contributed by atoms with Crippen LogP contribution in [0.3, 0.4) is 0 Å². The topological polar surface area (TPSA) is 41.6 Å². The second kappa shape index (κ2) is 5.51. The number of amides is 1. The zero-order valence-electron chi connectivity index (χ0n) is 10.2. The average Bonchev–Trinajstić information content (AvgIpc) is 2.87. The van der Waals surface area contributed by atoms with Crippen LogP contribution in [0.2, 0.25) is 0 Å². The molecule has 0 aromatic carbocycles. The maximum Gasteiger partial charge on any atom is 0.264 e. The molecule has 0 radical (unpaired) electrons. The van der Waals surface area contributed by atoms with Crippen molar-refractivity contribution < 1.29 is 9.53 Å². The molecule has 0 atom stereocenters. The first-order valence-corrected chi connectivity index (χ1v) is 6.71. The van der Waals surface area contributed by atoms with E-state index in [9.17, 15) is 4.79 Å². The zero-order chi connectivity index (χ0) is 12.3. The number of nitrogens with zero attached hydrogens (tertiary/aromatic N) is 1. The van der Waals surface area contributed by atoms with Gasteiger partial charge in [-0.1, -0.05) is 0 Å². The molecule has 0 saturated carbocycles. The van der Waals surface area contributed by atoms with Gasteiger partial charge in [0.05, 0.1) is 12.0 Å². The van der Waals surface area contributed by atoms with Crippen molar-refractivity contribution in [2.45, 2.75) is 18.9 Å². The normalized spacial score (nSPS) is 17.2. The van der Waals surface area contributed by atoms with Crippen LogP contribution in [-0.2, 0) is 0 Å². The summed E-state index contributed by atoms with van der Waals surface area (Å²) in [5, 5.41) is 5.13. The second-order valence-electron chi connectivity index (χ2n) is 4.21. The van der Waals surface area contributed by atoms with Gasteiger partial charge in [-0.15, -0.1) is 11.3 Å². The average molecular weight is 254 g/mol. The van der Waals surface area contributed by atoms with Crippen LogP contribution in [0.5, 0.6) is 5.75 Å². The summed E-state index contributed by atoms with van der Waals surface area (Å²) < 4.78 is 5.10. The fourth-order valence-electron chi connectivity index (χ4n) is 2.07. The van der Waals surface area contributed by atoms with Gasteiger partial charge in [-0.05, 0) is 19.9 Å². The molecular weight excluding hydrogens is 236 g/mol. The van der Waals surface area contributed by atoms with Gasteiger partial charge in [0.15, 0.2) is 0 Å². The summed E-state index contributed by atoms with van der Waals surface area (Å²) in [4.78, 5) is 14.9. The summed E-state index contributed by atoms with van der Waals surface area (Å²) in [6, 6.07) is 2.37. The number of thiophene rings is 1. The van der Waals surface area contributed by atoms with Gasteiger partial charge in [0.2, 0.25) is 0 Å². The Morgan fingerprint density at radius 1 is 1.53 bits per heavy atom. The van der Waals surface area contributed by atoms with E-state index in [4.69, 9.17) is 4.74 Å². The van der Waals surface area contributed by atoms with Crippen LogP contribution in [0.4, 0.5) is 0 Å². The third-order valence-corrected chi connectivity index (χ3v) is 4.11. The Hall–Kier alpha value is -1.07. The molecule has 1 aromatic heterocycles. The van der Waals surface area contributed by atoms with Crippen LogP contribution >= 0.6 is 11.3 Å². The van der Waals surface area contributed by atoms with E-state index in [-0.39, 0.29) is 5.91 Å². The fraction of sp³-hybridized carbons (Fsp3) is 0.583. The summed E-state index contributed by atoms with van der Waals surface area (Å²) in [5.41, 5.74) is 0. The lowest BCUT2D eigenvalue weighted by atomic mass is 10.1. The predicted octanol–water partition coefficient (Wildman–Crippen LogP) is 1.58. The first-order chi connectivity index (χ1) is 8.24. The van der Waals surface area contributed by atoms with Crippen molar-refractivity contribution in [2.75, 3.05) is 27.2 Å². The summed E-state index contributed by atoms with van der Waals surface area (Å²) >= 11 is 1.45. The van der Waals surface area contributed by atoms with Crippen molar-refractivity contribution in [2.24, 2.45) is 0 Å². The number of carbonyl (C=O) groups is 1. The molecule has 0 unspecified atom stereocenters. The number of rotatable bonds is 3. The molecule has 0 aliphatic carbocycles. The Balaban J connectivity index is 1.96. The third kappa shape index (κ3) is 2.79. The number of ether oxygens (including phenoxy) is 1. The van der Waals surface area contributed by atoms with Gasteiger partial charge >= 0.3 is 0 Å². The molecule has 1 aliphatic rings. The fourth-order valence-corrected chi connectivity index (χ4v) is 2.89. The van der Waals surface area contributed by atoms with Crippen LogP contribution in [-0.4, -0.2) is 44.1 Å². The second-order valence-corrected chi connectivity index (χ2v) is 5.12. The third-order valence-electron chi connectivity index (χ3n) is 3.21. The Bertz CT molecular complexity index is 384. The van der Waals surface area contributed by atoms with Gasteiger partial charge in [0, 0.05) is 30.6 Å². The van der Waals surface area contributed by atoms with Gasteiger partial charge < -0.3 is 15.0 Å². The molecular formula is C12H18N2O2S. The molecule has 94 valence electrons. The Morgan fingerprint density at radius 3 is 2.76 bits per heavy atom. The predicted molar refractivity (Wildman–Crippen MR) is 68.9 cm³/mol. The van der Waals surface area contributed by atoms with Gasteiger partial charge in [-0.25, -0.2) is 0 Å². The molecule has 2 heterocycles. The number of hydrogen-bond donors (Lipinski definition) is 1. The number of piperidine rings is 1. The summed E-state index contributed by atoms with van der Waals surface area (Å²) in [5.74, 6) is 0.899. The van der Waals surface area contributed by atoms with E-state index < -0.39 is 0 Å². The molecule has 1 aromatic rings. The van der Waals surface area contributed by atoms with E-state index in [1.807, 2.05) is 23.4 Å². The van der Waals surface area contributed by atoms with E-state index >= 15 is 0 Å². The van der Waals surface area contributed by atoms with Crippen LogP contribution in [0.25, 0.3) is 0 Å². The summed E-state index contributed by atoms with van der Waals surface area (Å²) in [6.07, 6.45) is 2.06. The minimum absolute atomic E-state index is 0.132. The molecule has 5 heteroatoms. The van der Waals surface area contributed by atoms with Gasteiger partial charge in [0.1, 0.15) is 5.75 Å². The van der Waals surface area contributed by atoms with Crippen molar-refractivity contribution in [3.05, 3.63) is 16.3 Å². The maximum absolute atomic E-state index is 12.2. The van der Waals surface area contributed by atoms with Crippen LogP contribution < -0.4 is 10.1 Å². The van der Waals surface area contributed by atoms with E-state index in [1.54, 1.807) is 7.11 Å². The lowest BCUT2D eigenvalue weighted by Gasteiger charge is -2.31. The quantitative estimate of drug-likeness (QED) is 0.890. The zero-order valence-corrected chi connectivity index (χ0v) is 11.0. The molecule has 0 bridgehead atoms. The Morgan fingerprint density at radius 2 is 2.24 bits per heavy atom. The highest BCUT2D eigenvalue weighted by Crippen LogP contribution is 2.23. The number of carbonyl (C=O) groups excluding carboxylic acids is 1. The van der Waals surface area contributed by atoms with Crippen molar-refractivity contribution in [1.82, 2.24) is 10.2 Å². The molecule has 1 aliphatic heterocycles. The van der Waals surface area contributed by atoms with Crippen molar-refractivity contribution in [1.29, 1.82) is 0 Å². The molecule has 2 rings (SSSR count). The SMILES string of the molecule is CNC1CCN(C(=O)c2cc(OC)cs2)CC1. The first-order valence-electron chi connectivity index (χ1n) is 5.83. The molecule has 0 spiro atoms. The molecule has 1 amide bonds. The largest absolute Gasteiger partial charge is 0.496 e. The van der Waals surface area contributed by atoms with Crippen molar-refractivity contribution >= 4 is 17.2 Å². The van der Waals surface area contributed by atoms with E-state index in [0.29, 0.717) is 6.04 Å². The molecule has 1 saturated heterocycles. The van der Waals surface area contributed by atoms with Gasteiger partial charge in [-0.2, -0.15) is 0 Å². The molecule has 4 nitrogen and oxygen atoms in total. The molecule has 1 fully saturated rings. The highest BCUT2D eigenvalue weighted by molar-refractivity contribution is 7.12. The highest BCUT2D eigenvalue weighted by Gasteiger charge is 2.23. The highest BCUT2D eigenvalue weighted by atomic mass is 32.1. The maximum atomic E-state index is 12.2. The minimum Gasteiger partial charge on any atom is -0.496 e. The van der Waals surface area contributed by atoms with Crippen LogP contribution in [0.1, 0.15) is 22.5 Å². The van der Waals surface area contributed by atoms with Gasteiger partial charge in [-0.3, -0.25) is 4.79 Å². The standard InChI is InChI=1S/C12H18N2O2S/c1-13-9-3-5-14(6-4-9)12(15)11-7-10(16-2)8-17-11/h7-9,13H,3-6H2,1-2H3. The number of hydrogen-bond acceptors (Lipinski definition) is 4. The smallest absolute Gasteiger partial charge is 0.264 e. The lowest BCUT2D eigenvalue weighted by Crippen LogP contribution is -2.43. The summed E-state index contributed by atoms with van der Waals surface area (Å²) in [6.45, 7) is 1.68. The lowest BCUT2D eigenvalue weighted by molar-refractivity contribution is 0.0712. The summed E-state index contributed by atoms with van der Waals surface area (Å²) in [7, 11) is 3.60. The Labute approximate surface area is 106 Å². The molecule has 1 N–H and O–H groups in total. The monoisotopic (exact) mass is 254 g/mol. The van der Waals surface area contributed by atoms with Crippen LogP contribution in [0.15, 0.2) is 11.4 Å². The number of methoxy groups -OCH3 is 1. The number of likely N-dealkylation sites (tertiary alicyclic amines) is 1. The van der Waals surface area contributed by atoms with Gasteiger partial charge in [0.25, 0.3) is 5.91 Å². The Kier molecular flexibility index (Phi) is 4.02. The van der Waals surface area contributed by atoms with E-state index in [2.05, 4.69) is 5.32 Å². The first kappa shape index (κ1) is 12.4. The minimum atomic E-state index is 0.132. The number of nitrogens with one attached hydrogen (secondary N) is 1. The van der Waals surface area contributed by atoms with Crippen molar-refractivity contribution in [3.63, 3.8) is 0 Å². The van der Waals surface area contributed by atoms with E-state index in [1.165, 1.54) is 11.3 Å². The van der Waals surface area contributed by atoms with Crippen LogP contribution in [0, 0.1) is 0 Å². The van der Waals surface area contributed by atoms with Crippen molar-refractivity contribution in [3.8, 4) is 5.75 Å². The van der Waals surface area contributed by atoms with E-state index in [0.717, 1.165) is 36.6 Å².